The Labute approximate surface area is 162 Å². The first-order chi connectivity index (χ1) is 11.1. The maximum atomic E-state index is 12.8. The number of thioether (sulfide) groups is 1. The minimum absolute atomic E-state index is 0. The molecule has 0 saturated carbocycles. The summed E-state index contributed by atoms with van der Waals surface area (Å²) in [6, 6.07) is 6.49. The van der Waals surface area contributed by atoms with Gasteiger partial charge in [0.2, 0.25) is 5.89 Å². The van der Waals surface area contributed by atoms with Crippen LogP contribution in [0, 0.1) is 19.7 Å². The van der Waals surface area contributed by atoms with Crippen LogP contribution in [0.2, 0.25) is 0 Å². The number of oxazole rings is 1. The quantitative estimate of drug-likeness (QED) is 0.225. The van der Waals surface area contributed by atoms with Crippen molar-refractivity contribution >= 4 is 41.7 Å². The van der Waals surface area contributed by atoms with Crippen LogP contribution in [0.5, 0.6) is 0 Å². The summed E-state index contributed by atoms with van der Waals surface area (Å²) in [5.41, 5.74) is 0.903. The second-order valence-corrected chi connectivity index (χ2v) is 6.07. The Balaban J connectivity index is 0.00000288. The predicted octanol–water partition coefficient (Wildman–Crippen LogP) is 3.51. The third kappa shape index (κ3) is 6.68. The summed E-state index contributed by atoms with van der Waals surface area (Å²) in [6.45, 7) is 5.04. The molecule has 2 rings (SSSR count). The van der Waals surface area contributed by atoms with Crippen molar-refractivity contribution in [2.75, 3.05) is 19.3 Å². The fraction of sp³-hybridized carbons (Fsp3) is 0.375. The molecule has 1 heterocycles. The van der Waals surface area contributed by atoms with Gasteiger partial charge < -0.3 is 15.1 Å². The highest BCUT2D eigenvalue weighted by atomic mass is 127. The minimum Gasteiger partial charge on any atom is -0.444 e. The van der Waals surface area contributed by atoms with Gasteiger partial charge in [0.25, 0.3) is 0 Å². The van der Waals surface area contributed by atoms with E-state index in [4.69, 9.17) is 4.42 Å². The van der Waals surface area contributed by atoms with Gasteiger partial charge in [-0.2, -0.15) is 0 Å². The van der Waals surface area contributed by atoms with Crippen molar-refractivity contribution in [2.24, 2.45) is 4.99 Å². The summed E-state index contributed by atoms with van der Waals surface area (Å²) in [6.07, 6.45) is 0. The molecule has 5 nitrogen and oxygen atoms in total. The van der Waals surface area contributed by atoms with Crippen LogP contribution in [-0.2, 0) is 6.54 Å². The Morgan fingerprint density at radius 3 is 2.54 bits per heavy atom. The van der Waals surface area contributed by atoms with Crippen LogP contribution < -0.4 is 10.6 Å². The molecule has 8 heteroatoms. The van der Waals surface area contributed by atoms with Crippen molar-refractivity contribution < 1.29 is 8.81 Å². The normalized spacial score (nSPS) is 11.1. The smallest absolute Gasteiger partial charge is 0.214 e. The second-order valence-electron chi connectivity index (χ2n) is 4.90. The molecule has 0 saturated heterocycles. The third-order valence-electron chi connectivity index (χ3n) is 3.18. The van der Waals surface area contributed by atoms with Crippen LogP contribution in [-0.4, -0.2) is 30.3 Å². The Kier molecular flexibility index (Phi) is 9.12. The highest BCUT2D eigenvalue weighted by Gasteiger charge is 2.06. The maximum absolute atomic E-state index is 12.8. The van der Waals surface area contributed by atoms with E-state index in [9.17, 15) is 4.39 Å². The van der Waals surface area contributed by atoms with E-state index >= 15 is 0 Å². The number of nitrogens with zero attached hydrogens (tertiary/aromatic N) is 2. The molecule has 132 valence electrons. The van der Waals surface area contributed by atoms with Crippen LogP contribution in [0.15, 0.2) is 38.6 Å². The van der Waals surface area contributed by atoms with E-state index in [1.165, 1.54) is 12.1 Å². The molecular formula is C16H22FIN4OS. The van der Waals surface area contributed by atoms with E-state index in [-0.39, 0.29) is 29.8 Å². The van der Waals surface area contributed by atoms with E-state index < -0.39 is 0 Å². The minimum atomic E-state index is -0.214. The molecule has 2 N–H and O–H groups in total. The fourth-order valence-corrected chi connectivity index (χ4v) is 2.63. The van der Waals surface area contributed by atoms with Crippen LogP contribution in [0.25, 0.3) is 0 Å². The number of rotatable bonds is 6. The maximum Gasteiger partial charge on any atom is 0.214 e. The zero-order valence-corrected chi connectivity index (χ0v) is 17.1. The van der Waals surface area contributed by atoms with Crippen molar-refractivity contribution in [3.05, 3.63) is 47.4 Å². The Morgan fingerprint density at radius 1 is 1.25 bits per heavy atom. The zero-order valence-electron chi connectivity index (χ0n) is 13.9. The van der Waals surface area contributed by atoms with Gasteiger partial charge in [-0.1, -0.05) is 0 Å². The number of nitrogens with one attached hydrogen (secondary N) is 2. The van der Waals surface area contributed by atoms with Crippen LogP contribution >= 0.6 is 35.7 Å². The number of aliphatic imine (C=N–C) groups is 1. The summed E-state index contributed by atoms with van der Waals surface area (Å²) in [5.74, 6) is 2.81. The van der Waals surface area contributed by atoms with Gasteiger partial charge in [0.05, 0.1) is 12.2 Å². The summed E-state index contributed by atoms with van der Waals surface area (Å²) in [7, 11) is 1.72. The molecular weight excluding hydrogens is 442 g/mol. The van der Waals surface area contributed by atoms with Gasteiger partial charge in [-0.05, 0) is 38.1 Å². The predicted molar refractivity (Wildman–Crippen MR) is 107 cm³/mol. The highest BCUT2D eigenvalue weighted by molar-refractivity contribution is 14.0. The number of halogens is 2. The van der Waals surface area contributed by atoms with E-state index in [2.05, 4.69) is 20.6 Å². The molecule has 0 aliphatic carbocycles. The number of guanidine groups is 1. The summed E-state index contributed by atoms with van der Waals surface area (Å²) in [5, 5.41) is 6.37. The van der Waals surface area contributed by atoms with Gasteiger partial charge in [-0.3, -0.25) is 4.99 Å². The van der Waals surface area contributed by atoms with Gasteiger partial charge in [-0.25, -0.2) is 9.37 Å². The second kappa shape index (κ2) is 10.5. The summed E-state index contributed by atoms with van der Waals surface area (Å²) >= 11 is 1.66. The third-order valence-corrected chi connectivity index (χ3v) is 4.19. The Morgan fingerprint density at radius 2 is 1.96 bits per heavy atom. The number of hydrogen-bond donors (Lipinski definition) is 2. The van der Waals surface area contributed by atoms with Crippen molar-refractivity contribution in [3.63, 3.8) is 0 Å². The molecule has 0 amide bonds. The standard InChI is InChI=1S/C16H21FN4OS.HI/c1-11-12(2)22-15(21-11)10-20-16(18-3)19-8-9-23-14-6-4-13(17)5-7-14;/h4-7H,8-10H2,1-3H3,(H2,18,19,20);1H. The summed E-state index contributed by atoms with van der Waals surface area (Å²) < 4.78 is 18.3. The molecule has 1 aromatic carbocycles. The fourth-order valence-electron chi connectivity index (χ4n) is 1.86. The molecule has 0 aliphatic heterocycles. The van der Waals surface area contributed by atoms with Crippen molar-refractivity contribution in [2.45, 2.75) is 25.3 Å². The van der Waals surface area contributed by atoms with Crippen LogP contribution in [0.4, 0.5) is 4.39 Å². The van der Waals surface area contributed by atoms with Crippen molar-refractivity contribution in [1.82, 2.24) is 15.6 Å². The van der Waals surface area contributed by atoms with E-state index in [1.54, 1.807) is 30.9 Å². The number of benzene rings is 1. The molecule has 0 aliphatic rings. The average Bonchev–Trinajstić information content (AvgIpc) is 2.87. The first kappa shape index (κ1) is 20.8. The zero-order chi connectivity index (χ0) is 16.7. The molecule has 0 fully saturated rings. The lowest BCUT2D eigenvalue weighted by atomic mass is 10.4. The van der Waals surface area contributed by atoms with E-state index in [0.29, 0.717) is 18.4 Å². The van der Waals surface area contributed by atoms with Crippen molar-refractivity contribution in [3.8, 4) is 0 Å². The molecule has 2 aromatic rings. The summed E-state index contributed by atoms with van der Waals surface area (Å²) in [4.78, 5) is 9.51. The Hall–Kier alpha value is -1.29. The largest absolute Gasteiger partial charge is 0.444 e. The SMILES string of the molecule is CN=C(NCCSc1ccc(F)cc1)NCc1nc(C)c(C)o1.I. The molecule has 0 spiro atoms. The van der Waals surface area contributed by atoms with Gasteiger partial charge in [0, 0.05) is 24.2 Å². The average molecular weight is 464 g/mol. The van der Waals surface area contributed by atoms with Gasteiger partial charge >= 0.3 is 0 Å². The first-order valence-corrected chi connectivity index (χ1v) is 8.33. The number of aromatic nitrogens is 1. The van der Waals surface area contributed by atoms with Crippen LogP contribution in [0.3, 0.4) is 0 Å². The van der Waals surface area contributed by atoms with Gasteiger partial charge in [0.1, 0.15) is 11.6 Å². The molecule has 0 bridgehead atoms. The monoisotopic (exact) mass is 464 g/mol. The number of aryl methyl sites for hydroxylation is 2. The molecule has 0 radical (unpaired) electrons. The molecule has 1 aromatic heterocycles. The molecule has 0 atom stereocenters. The van der Waals surface area contributed by atoms with E-state index in [0.717, 1.165) is 28.6 Å². The topological polar surface area (TPSA) is 62.5 Å². The lowest BCUT2D eigenvalue weighted by Gasteiger charge is -2.10. The molecule has 24 heavy (non-hydrogen) atoms. The lowest BCUT2D eigenvalue weighted by molar-refractivity contribution is 0.464. The Bertz CT molecular complexity index is 641. The first-order valence-electron chi connectivity index (χ1n) is 7.34. The highest BCUT2D eigenvalue weighted by Crippen LogP contribution is 2.17. The van der Waals surface area contributed by atoms with Gasteiger partial charge in [-0.15, -0.1) is 35.7 Å². The van der Waals surface area contributed by atoms with Crippen molar-refractivity contribution in [1.29, 1.82) is 0 Å². The van der Waals surface area contributed by atoms with Gasteiger partial charge in [0.15, 0.2) is 5.96 Å². The molecule has 0 unspecified atom stereocenters. The van der Waals surface area contributed by atoms with E-state index in [1.807, 2.05) is 13.8 Å². The lowest BCUT2D eigenvalue weighted by Crippen LogP contribution is -2.38. The van der Waals surface area contributed by atoms with Crippen LogP contribution in [0.1, 0.15) is 17.3 Å². The number of hydrogen-bond acceptors (Lipinski definition) is 4.